The highest BCUT2D eigenvalue weighted by Crippen LogP contribution is 2.42. The molecule has 8 nitrogen and oxygen atoms in total. The number of anilines is 1. The van der Waals surface area contributed by atoms with E-state index in [-0.39, 0.29) is 24.8 Å². The minimum Gasteiger partial charge on any atom is -0.458 e. The monoisotopic (exact) mass is 401 g/mol. The maximum atomic E-state index is 13.9. The fraction of sp³-hybridized carbons (Fsp3) is 0.571. The van der Waals surface area contributed by atoms with Crippen LogP contribution in [-0.4, -0.2) is 69.8 Å². The van der Waals surface area contributed by atoms with Gasteiger partial charge in [-0.25, -0.2) is 14.7 Å². The lowest BCUT2D eigenvalue weighted by atomic mass is 9.82. The molecule has 2 bridgehead atoms. The minimum absolute atomic E-state index is 0.193. The van der Waals surface area contributed by atoms with Crippen LogP contribution in [-0.2, 0) is 20.7 Å². The van der Waals surface area contributed by atoms with Crippen molar-refractivity contribution in [3.63, 3.8) is 0 Å². The molecule has 1 aromatic carbocycles. The van der Waals surface area contributed by atoms with E-state index < -0.39 is 29.2 Å². The number of hydrogen-bond donors (Lipinski definition) is 1. The molecule has 3 aliphatic heterocycles. The van der Waals surface area contributed by atoms with Crippen LogP contribution in [0.5, 0.6) is 0 Å². The SMILES string of the molecule is CN1c2ccccc2CC1(C(=O)OC(C)(C)C)C(=O)[C@@H]1CC[C@@H]2CN1C(=O)N2O. The van der Waals surface area contributed by atoms with Gasteiger partial charge in [0.2, 0.25) is 5.54 Å². The second-order valence-corrected chi connectivity index (χ2v) is 9.12. The number of amides is 2. The molecule has 8 heteroatoms. The Labute approximate surface area is 170 Å². The van der Waals surface area contributed by atoms with E-state index in [9.17, 15) is 19.6 Å². The number of ether oxygens (including phenoxy) is 1. The maximum Gasteiger partial charge on any atom is 0.344 e. The minimum atomic E-state index is -1.54. The molecule has 3 heterocycles. The number of likely N-dealkylation sites (N-methyl/N-ethyl adjacent to an activating group) is 1. The molecule has 4 rings (SSSR count). The second kappa shape index (κ2) is 6.45. The van der Waals surface area contributed by atoms with Crippen molar-refractivity contribution in [3.05, 3.63) is 29.8 Å². The van der Waals surface area contributed by atoms with Gasteiger partial charge in [0.05, 0.1) is 12.1 Å². The number of rotatable bonds is 3. The summed E-state index contributed by atoms with van der Waals surface area (Å²) in [5.74, 6) is -0.962. The summed E-state index contributed by atoms with van der Waals surface area (Å²) in [5.41, 5.74) is -0.614. The van der Waals surface area contributed by atoms with Gasteiger partial charge in [-0.2, -0.15) is 0 Å². The molecule has 0 radical (unpaired) electrons. The van der Waals surface area contributed by atoms with Crippen molar-refractivity contribution >= 4 is 23.5 Å². The smallest absolute Gasteiger partial charge is 0.344 e. The van der Waals surface area contributed by atoms with Crippen LogP contribution in [0.3, 0.4) is 0 Å². The highest BCUT2D eigenvalue weighted by molar-refractivity contribution is 6.16. The maximum absolute atomic E-state index is 13.9. The number of esters is 1. The molecular formula is C21H27N3O5. The Kier molecular flexibility index (Phi) is 4.38. The number of piperidine rings is 1. The van der Waals surface area contributed by atoms with Crippen molar-refractivity contribution in [3.8, 4) is 0 Å². The first kappa shape index (κ1) is 19.7. The number of urea groups is 1. The summed E-state index contributed by atoms with van der Waals surface area (Å²) >= 11 is 0. The van der Waals surface area contributed by atoms with E-state index in [4.69, 9.17) is 4.74 Å². The summed E-state index contributed by atoms with van der Waals surface area (Å²) in [6.07, 6.45) is 1.11. The molecule has 0 aliphatic carbocycles. The summed E-state index contributed by atoms with van der Waals surface area (Å²) in [4.78, 5) is 42.9. The van der Waals surface area contributed by atoms with Gasteiger partial charge in [0.1, 0.15) is 5.60 Å². The van der Waals surface area contributed by atoms with Crippen LogP contribution < -0.4 is 4.90 Å². The Bertz CT molecular complexity index is 879. The molecule has 1 unspecified atom stereocenters. The quantitative estimate of drug-likeness (QED) is 0.473. The molecule has 1 aromatic rings. The molecule has 3 atom stereocenters. The molecule has 156 valence electrons. The fourth-order valence-electron chi connectivity index (χ4n) is 4.71. The van der Waals surface area contributed by atoms with Gasteiger partial charge in [-0.3, -0.25) is 10.0 Å². The van der Waals surface area contributed by atoms with Crippen LogP contribution >= 0.6 is 0 Å². The number of carbonyl (C=O) groups excluding carboxylic acids is 3. The first-order valence-electron chi connectivity index (χ1n) is 9.94. The third-order valence-corrected chi connectivity index (χ3v) is 6.16. The van der Waals surface area contributed by atoms with E-state index in [2.05, 4.69) is 0 Å². The lowest BCUT2D eigenvalue weighted by Gasteiger charge is -2.40. The summed E-state index contributed by atoms with van der Waals surface area (Å²) in [7, 11) is 1.73. The van der Waals surface area contributed by atoms with Crippen LogP contribution in [0.1, 0.15) is 39.2 Å². The van der Waals surface area contributed by atoms with Gasteiger partial charge in [-0.05, 0) is 45.2 Å². The Morgan fingerprint density at radius 2 is 1.90 bits per heavy atom. The molecule has 0 spiro atoms. The van der Waals surface area contributed by atoms with Gasteiger partial charge in [0, 0.05) is 25.7 Å². The molecule has 1 N–H and O–H groups in total. The van der Waals surface area contributed by atoms with Gasteiger partial charge in [-0.1, -0.05) is 18.2 Å². The van der Waals surface area contributed by atoms with E-state index in [1.54, 1.807) is 32.7 Å². The number of para-hydroxylation sites is 1. The second-order valence-electron chi connectivity index (χ2n) is 9.12. The molecule has 2 amide bonds. The van der Waals surface area contributed by atoms with Gasteiger partial charge < -0.3 is 14.5 Å². The molecule has 2 fully saturated rings. The number of fused-ring (bicyclic) bond motifs is 3. The van der Waals surface area contributed by atoms with Gasteiger partial charge in [-0.15, -0.1) is 0 Å². The average Bonchev–Trinajstić information content (AvgIpc) is 3.08. The van der Waals surface area contributed by atoms with Crippen molar-refractivity contribution < 1.29 is 24.3 Å². The highest BCUT2D eigenvalue weighted by Gasteiger charge is 2.60. The highest BCUT2D eigenvalue weighted by atomic mass is 16.6. The lowest BCUT2D eigenvalue weighted by molar-refractivity contribution is -0.164. The number of hydroxylamine groups is 2. The number of hydrogen-bond acceptors (Lipinski definition) is 6. The number of carbonyl (C=O) groups is 3. The summed E-state index contributed by atoms with van der Waals surface area (Å²) in [6.45, 7) is 5.59. The van der Waals surface area contributed by atoms with Crippen LogP contribution in [0.2, 0.25) is 0 Å². The van der Waals surface area contributed by atoms with E-state index in [1.165, 1.54) is 4.90 Å². The van der Waals surface area contributed by atoms with Crippen molar-refractivity contribution in [1.29, 1.82) is 0 Å². The third-order valence-electron chi connectivity index (χ3n) is 6.16. The van der Waals surface area contributed by atoms with E-state index in [0.29, 0.717) is 17.9 Å². The van der Waals surface area contributed by atoms with E-state index >= 15 is 0 Å². The van der Waals surface area contributed by atoms with Crippen LogP contribution in [0, 0.1) is 0 Å². The molecule has 3 aliphatic rings. The van der Waals surface area contributed by atoms with Crippen LogP contribution in [0.4, 0.5) is 10.5 Å². The number of nitrogens with zero attached hydrogens (tertiary/aromatic N) is 3. The van der Waals surface area contributed by atoms with E-state index in [1.807, 2.05) is 24.3 Å². The Morgan fingerprint density at radius 3 is 2.55 bits per heavy atom. The predicted octanol–water partition coefficient (Wildman–Crippen LogP) is 1.99. The van der Waals surface area contributed by atoms with Gasteiger partial charge >= 0.3 is 12.0 Å². The van der Waals surface area contributed by atoms with Crippen LogP contribution in [0.15, 0.2) is 24.3 Å². The topological polar surface area (TPSA) is 90.4 Å². The summed E-state index contributed by atoms with van der Waals surface area (Å²) in [6, 6.07) is 5.86. The zero-order valence-electron chi connectivity index (χ0n) is 17.2. The Hall–Kier alpha value is -2.61. The molecule has 29 heavy (non-hydrogen) atoms. The average molecular weight is 401 g/mol. The fourth-order valence-corrected chi connectivity index (χ4v) is 4.71. The van der Waals surface area contributed by atoms with Crippen molar-refractivity contribution in [1.82, 2.24) is 9.96 Å². The van der Waals surface area contributed by atoms with Gasteiger partial charge in [0.25, 0.3) is 0 Å². The van der Waals surface area contributed by atoms with E-state index in [0.717, 1.165) is 11.3 Å². The zero-order chi connectivity index (χ0) is 21.1. The van der Waals surface area contributed by atoms with Crippen LogP contribution in [0.25, 0.3) is 0 Å². The number of ketones is 1. The number of Topliss-reactive ketones (excluding diaryl/α,β-unsaturated/α-hetero) is 1. The largest absolute Gasteiger partial charge is 0.458 e. The normalized spacial score (nSPS) is 28.6. The van der Waals surface area contributed by atoms with Crippen molar-refractivity contribution in [2.24, 2.45) is 0 Å². The van der Waals surface area contributed by atoms with Crippen molar-refractivity contribution in [2.45, 2.75) is 63.3 Å². The first-order valence-corrected chi connectivity index (χ1v) is 9.94. The molecular weight excluding hydrogens is 374 g/mol. The summed E-state index contributed by atoms with van der Waals surface area (Å²) < 4.78 is 5.70. The lowest BCUT2D eigenvalue weighted by Crippen LogP contribution is -2.65. The molecule has 0 saturated carbocycles. The van der Waals surface area contributed by atoms with Crippen molar-refractivity contribution in [2.75, 3.05) is 18.5 Å². The van der Waals surface area contributed by atoms with Gasteiger partial charge in [0.15, 0.2) is 5.78 Å². The zero-order valence-corrected chi connectivity index (χ0v) is 17.2. The predicted molar refractivity (Wildman–Crippen MR) is 105 cm³/mol. The standard InChI is InChI=1S/C21H27N3O5/c1-20(2,3)29-18(26)21(11-13-7-5-6-8-15(13)22(21)4)17(25)16-10-9-14-12-23(16)19(27)24(14)28/h5-8,14,16,28H,9-12H2,1-4H3/t14-,16+,21?/m1/s1. The molecule has 0 aromatic heterocycles. The summed E-state index contributed by atoms with van der Waals surface area (Å²) in [5, 5.41) is 10.7. The third kappa shape index (κ3) is 2.88. The first-order chi connectivity index (χ1) is 13.6. The molecule has 2 saturated heterocycles. The Balaban J connectivity index is 1.75. The Morgan fingerprint density at radius 1 is 1.21 bits per heavy atom. The number of benzene rings is 1.